The molecule has 0 heterocycles. The Morgan fingerprint density at radius 1 is 0.571 bits per heavy atom. The molecule has 0 aliphatic carbocycles. The molecule has 0 atom stereocenters. The van der Waals surface area contributed by atoms with Crippen molar-refractivity contribution in [1.82, 2.24) is 5.32 Å². The third-order valence-corrected chi connectivity index (χ3v) is 4.44. The molecule has 2 nitrogen and oxygen atoms in total. The molecule has 35 heavy (non-hydrogen) atoms. The molecule has 0 aromatic rings. The first kappa shape index (κ1) is 33.0. The number of alkyl halides is 17. The number of carbonyl (C=O) groups excluding carboxylic acids is 1. The molecule has 1 N–H and O–H groups in total. The summed E-state index contributed by atoms with van der Waals surface area (Å²) in [6.45, 7) is 2.70. The molecular weight excluding hydrogens is 545 g/mol. The molecule has 19 heteroatoms. The van der Waals surface area contributed by atoms with Crippen LogP contribution in [0.5, 0.6) is 0 Å². The van der Waals surface area contributed by atoms with Crippen LogP contribution in [0.1, 0.15) is 25.7 Å². The zero-order chi connectivity index (χ0) is 28.5. The Hall–Kier alpha value is -1.98. The van der Waals surface area contributed by atoms with Crippen molar-refractivity contribution in [2.24, 2.45) is 0 Å². The summed E-state index contributed by atoms with van der Waals surface area (Å²) < 4.78 is 223. The van der Waals surface area contributed by atoms with Gasteiger partial charge in [0.15, 0.2) is 0 Å². The van der Waals surface area contributed by atoms with Crippen LogP contribution >= 0.6 is 0 Å². The van der Waals surface area contributed by atoms with E-state index in [9.17, 15) is 79.4 Å². The van der Waals surface area contributed by atoms with E-state index >= 15 is 0 Å². The van der Waals surface area contributed by atoms with E-state index < -0.39 is 72.8 Å². The van der Waals surface area contributed by atoms with Gasteiger partial charge in [0.05, 0.1) is 0 Å². The molecule has 208 valence electrons. The summed E-state index contributed by atoms with van der Waals surface area (Å²) in [7, 11) is 0. The highest BCUT2D eigenvalue weighted by molar-refractivity contribution is 5.86. The maximum Gasteiger partial charge on any atom is 0.460 e. The lowest BCUT2D eigenvalue weighted by molar-refractivity contribution is -0.461. The second kappa shape index (κ2) is 9.82. The minimum atomic E-state index is -8.62. The van der Waals surface area contributed by atoms with Crippen molar-refractivity contribution in [3.8, 4) is 0 Å². The lowest BCUT2D eigenvalue weighted by Crippen LogP contribution is -2.74. The number of hydrogen-bond donors (Lipinski definition) is 1. The molecule has 0 saturated carbocycles. The second-order valence-electron chi connectivity index (χ2n) is 6.95. The Balaban J connectivity index is 5.96. The highest BCUT2D eigenvalue weighted by atomic mass is 19.4. The van der Waals surface area contributed by atoms with Crippen LogP contribution in [-0.2, 0) is 4.79 Å². The number of rotatable bonds is 13. The molecule has 0 saturated heterocycles. The lowest BCUT2D eigenvalue weighted by atomic mass is 9.88. The van der Waals surface area contributed by atoms with Crippen LogP contribution < -0.4 is 5.32 Å². The molecule has 0 fully saturated rings. The Morgan fingerprint density at radius 2 is 0.943 bits per heavy atom. The van der Waals surface area contributed by atoms with Crippen molar-refractivity contribution in [3.05, 3.63) is 12.7 Å². The summed E-state index contributed by atoms with van der Waals surface area (Å²) in [6.07, 6.45) is -11.6. The largest absolute Gasteiger partial charge is 0.460 e. The number of nitrogens with one attached hydrogen (secondary N) is 1. The quantitative estimate of drug-likeness (QED) is 0.149. The Morgan fingerprint density at radius 3 is 1.31 bits per heavy atom. The number of amides is 1. The minimum Gasteiger partial charge on any atom is -0.353 e. The minimum absolute atomic E-state index is 0.301. The molecule has 0 radical (unpaired) electrons. The molecule has 0 aromatic heterocycles. The standard InChI is InChI=1S/C16H14F17NO/c1-2-8(35)34-7-5-3-4-6-9(17,18)10(19,20)11(21,22)12(23,24)13(25,26)14(27,28)15(29,30)16(31,32)33/h2H,1,3-7H2,(H,34,35). The summed E-state index contributed by atoms with van der Waals surface area (Å²) in [6, 6.07) is 0. The molecule has 0 unspecified atom stereocenters. The van der Waals surface area contributed by atoms with E-state index in [4.69, 9.17) is 0 Å². The predicted octanol–water partition coefficient (Wildman–Crippen LogP) is 6.86. The maximum absolute atomic E-state index is 13.6. The van der Waals surface area contributed by atoms with Gasteiger partial charge in [-0.25, -0.2) is 0 Å². The van der Waals surface area contributed by atoms with E-state index in [1.54, 1.807) is 0 Å². The lowest BCUT2D eigenvalue weighted by Gasteiger charge is -2.42. The van der Waals surface area contributed by atoms with Gasteiger partial charge in [0.25, 0.3) is 0 Å². The van der Waals surface area contributed by atoms with Gasteiger partial charge in [0.1, 0.15) is 0 Å². The van der Waals surface area contributed by atoms with Gasteiger partial charge in [-0.1, -0.05) is 13.0 Å². The van der Waals surface area contributed by atoms with Gasteiger partial charge in [-0.05, 0) is 18.9 Å². The monoisotopic (exact) mass is 559 g/mol. The molecule has 0 spiro atoms. The summed E-state index contributed by atoms with van der Waals surface area (Å²) in [5.41, 5.74) is 0. The van der Waals surface area contributed by atoms with Gasteiger partial charge >= 0.3 is 47.6 Å². The van der Waals surface area contributed by atoms with Gasteiger partial charge in [0, 0.05) is 13.0 Å². The van der Waals surface area contributed by atoms with Gasteiger partial charge in [-0.15, -0.1) is 0 Å². The number of hydrogen-bond acceptors (Lipinski definition) is 1. The summed E-state index contributed by atoms with van der Waals surface area (Å²) in [5, 5.41) is 2.05. The molecular formula is C16H14F17NO. The van der Waals surface area contributed by atoms with Crippen LogP contribution in [-0.4, -0.2) is 60.1 Å². The fourth-order valence-electron chi connectivity index (χ4n) is 2.29. The first-order valence-electron chi connectivity index (χ1n) is 8.82. The van der Waals surface area contributed by atoms with Crippen LogP contribution in [0.2, 0.25) is 0 Å². The van der Waals surface area contributed by atoms with Crippen LogP contribution in [0.4, 0.5) is 74.6 Å². The highest BCUT2D eigenvalue weighted by Gasteiger charge is 2.95. The van der Waals surface area contributed by atoms with Crippen molar-refractivity contribution in [1.29, 1.82) is 0 Å². The number of halogens is 17. The van der Waals surface area contributed by atoms with Gasteiger partial charge in [0.2, 0.25) is 5.91 Å². The van der Waals surface area contributed by atoms with E-state index in [0.29, 0.717) is 0 Å². The first-order chi connectivity index (χ1) is 15.2. The van der Waals surface area contributed by atoms with Crippen LogP contribution in [0, 0.1) is 0 Å². The van der Waals surface area contributed by atoms with E-state index in [1.165, 1.54) is 0 Å². The van der Waals surface area contributed by atoms with Crippen LogP contribution in [0.3, 0.4) is 0 Å². The molecule has 0 aliphatic heterocycles. The van der Waals surface area contributed by atoms with Crippen LogP contribution in [0.25, 0.3) is 0 Å². The third-order valence-electron chi connectivity index (χ3n) is 4.44. The topological polar surface area (TPSA) is 29.1 Å². The van der Waals surface area contributed by atoms with Crippen molar-refractivity contribution >= 4 is 5.91 Å². The number of carbonyl (C=O) groups is 1. The number of unbranched alkanes of at least 4 members (excludes halogenated alkanes) is 2. The predicted molar refractivity (Wildman–Crippen MR) is 82.4 cm³/mol. The van der Waals surface area contributed by atoms with Crippen molar-refractivity contribution < 1.29 is 79.4 Å². The molecule has 0 aromatic carbocycles. The van der Waals surface area contributed by atoms with E-state index in [1.807, 2.05) is 0 Å². The zero-order valence-corrected chi connectivity index (χ0v) is 16.7. The van der Waals surface area contributed by atoms with E-state index in [-0.39, 0.29) is 13.0 Å². The SMILES string of the molecule is C=CC(=O)NCCCCCC(F)(F)C(F)(F)C(F)(F)C(F)(F)C(F)(F)C(F)(F)C(F)(F)C(F)(F)F. The normalized spacial score (nSPS) is 15.2. The highest BCUT2D eigenvalue weighted by Crippen LogP contribution is 2.64. The van der Waals surface area contributed by atoms with Gasteiger partial charge in [-0.2, -0.15) is 74.6 Å². The summed E-state index contributed by atoms with van der Waals surface area (Å²) in [4.78, 5) is 10.8. The van der Waals surface area contributed by atoms with Crippen LogP contribution in [0.15, 0.2) is 12.7 Å². The second-order valence-corrected chi connectivity index (χ2v) is 6.95. The van der Waals surface area contributed by atoms with Crippen molar-refractivity contribution in [3.63, 3.8) is 0 Å². The fraction of sp³-hybridized carbons (Fsp3) is 0.812. The molecule has 1 amide bonds. The Bertz CT molecular complexity index is 756. The summed E-state index contributed by atoms with van der Waals surface area (Å²) in [5.74, 6) is -56.9. The van der Waals surface area contributed by atoms with Crippen molar-refractivity contribution in [2.45, 2.75) is 73.3 Å². The maximum atomic E-state index is 13.6. The van der Waals surface area contributed by atoms with Crippen molar-refractivity contribution in [2.75, 3.05) is 6.54 Å². The molecule has 0 aliphatic rings. The van der Waals surface area contributed by atoms with Gasteiger partial charge < -0.3 is 5.32 Å². The Labute approximate surface area is 184 Å². The van der Waals surface area contributed by atoms with E-state index in [0.717, 1.165) is 6.08 Å². The molecule has 0 rings (SSSR count). The average molecular weight is 559 g/mol. The zero-order valence-electron chi connectivity index (χ0n) is 16.7. The Kier molecular flexibility index (Phi) is 9.26. The smallest absolute Gasteiger partial charge is 0.353 e. The summed E-state index contributed by atoms with van der Waals surface area (Å²) >= 11 is 0. The van der Waals surface area contributed by atoms with Gasteiger partial charge in [-0.3, -0.25) is 4.79 Å². The molecule has 0 bridgehead atoms. The third kappa shape index (κ3) is 5.41. The van der Waals surface area contributed by atoms with E-state index in [2.05, 4.69) is 11.9 Å². The first-order valence-corrected chi connectivity index (χ1v) is 8.82. The average Bonchev–Trinajstić information content (AvgIpc) is 2.68. The fourth-order valence-corrected chi connectivity index (χ4v) is 2.29.